The molecule has 6 nitrogen and oxygen atoms in total. The molecule has 1 heterocycles. The van der Waals surface area contributed by atoms with Gasteiger partial charge in [0.2, 0.25) is 0 Å². The molecule has 0 aliphatic rings. The number of nitrogens with zero attached hydrogens (tertiary/aromatic N) is 1. The average Bonchev–Trinajstić information content (AvgIpc) is 2.97. The lowest BCUT2D eigenvalue weighted by Crippen LogP contribution is -2.37. The van der Waals surface area contributed by atoms with Crippen LogP contribution in [0.25, 0.3) is 11.1 Å². The summed E-state index contributed by atoms with van der Waals surface area (Å²) in [6.07, 6.45) is 6.12. The molecule has 2 atom stereocenters. The first-order valence-electron chi connectivity index (χ1n) is 12.4. The number of nitrogens with one attached hydrogen (secondary N) is 2. The first kappa shape index (κ1) is 27.1. The highest BCUT2D eigenvalue weighted by Crippen LogP contribution is 2.32. The predicted molar refractivity (Wildman–Crippen MR) is 154 cm³/mol. The topological polar surface area (TPSA) is 80.3 Å². The highest BCUT2D eigenvalue weighted by Gasteiger charge is 2.25. The van der Waals surface area contributed by atoms with Crippen molar-refractivity contribution in [3.8, 4) is 11.1 Å². The molecule has 0 aliphatic heterocycles. The number of benzene rings is 3. The van der Waals surface area contributed by atoms with Gasteiger partial charge in [-0.05, 0) is 78.1 Å². The number of anilines is 1. The van der Waals surface area contributed by atoms with Gasteiger partial charge in [-0.15, -0.1) is 0 Å². The molecule has 0 bridgehead atoms. The summed E-state index contributed by atoms with van der Waals surface area (Å²) in [5.41, 5.74) is 4.75. The van der Waals surface area contributed by atoms with Crippen molar-refractivity contribution in [1.82, 2.24) is 10.3 Å². The molecule has 3 aromatic carbocycles. The Balaban J connectivity index is 1.72. The third-order valence-corrected chi connectivity index (χ3v) is 6.87. The van der Waals surface area contributed by atoms with Gasteiger partial charge in [0.1, 0.15) is 6.04 Å². The van der Waals surface area contributed by atoms with Crippen LogP contribution in [0.3, 0.4) is 0 Å². The minimum absolute atomic E-state index is 0.222. The standard InChI is InChI=1S/C31H31N3O3S/c1-32-28(17-19-38-2)31(36)37-30(35)26-16-15-23(20-27(26)22-10-5-3-6-11-22)29(24-12-9-18-33-21-24)34-25-13-7-4-8-14-25/h3-16,18,20-21,28-29,32,34H,17,19H2,1-2H3/t28-,29?/m0/s1. The van der Waals surface area contributed by atoms with Crippen LogP contribution in [0, 0.1) is 0 Å². The van der Waals surface area contributed by atoms with E-state index in [9.17, 15) is 9.59 Å². The second-order valence-corrected chi connectivity index (χ2v) is 9.72. The van der Waals surface area contributed by atoms with Crippen LogP contribution in [0.4, 0.5) is 5.69 Å². The van der Waals surface area contributed by atoms with Gasteiger partial charge in [0, 0.05) is 18.1 Å². The number of ether oxygens (including phenoxy) is 1. The zero-order valence-corrected chi connectivity index (χ0v) is 22.3. The molecule has 0 amide bonds. The molecule has 0 saturated heterocycles. The maximum atomic E-state index is 13.3. The van der Waals surface area contributed by atoms with Gasteiger partial charge in [0.25, 0.3) is 0 Å². The van der Waals surface area contributed by atoms with Gasteiger partial charge in [-0.1, -0.05) is 60.7 Å². The Labute approximate surface area is 227 Å². The molecule has 0 aliphatic carbocycles. The largest absolute Gasteiger partial charge is 0.388 e. The van der Waals surface area contributed by atoms with E-state index in [4.69, 9.17) is 4.74 Å². The molecule has 4 rings (SSSR count). The van der Waals surface area contributed by atoms with Crippen molar-refractivity contribution < 1.29 is 14.3 Å². The number of thioether (sulfide) groups is 1. The number of pyridine rings is 1. The molecule has 1 unspecified atom stereocenters. The molecule has 0 saturated carbocycles. The molecule has 0 fully saturated rings. The molecular weight excluding hydrogens is 494 g/mol. The van der Waals surface area contributed by atoms with E-state index in [-0.39, 0.29) is 6.04 Å². The summed E-state index contributed by atoms with van der Waals surface area (Å²) >= 11 is 1.64. The minimum atomic E-state index is -0.668. The summed E-state index contributed by atoms with van der Waals surface area (Å²) in [5.74, 6) is -0.463. The van der Waals surface area contributed by atoms with Gasteiger partial charge in [-0.25, -0.2) is 9.59 Å². The van der Waals surface area contributed by atoms with Crippen molar-refractivity contribution >= 4 is 29.4 Å². The lowest BCUT2D eigenvalue weighted by molar-refractivity contribution is -0.140. The fourth-order valence-corrected chi connectivity index (χ4v) is 4.69. The normalized spacial score (nSPS) is 12.4. The van der Waals surface area contributed by atoms with Crippen LogP contribution in [0.15, 0.2) is 103 Å². The summed E-state index contributed by atoms with van der Waals surface area (Å²) in [6.45, 7) is 0. The van der Waals surface area contributed by atoms with Crippen LogP contribution >= 0.6 is 11.8 Å². The van der Waals surface area contributed by atoms with Crippen LogP contribution in [0.5, 0.6) is 0 Å². The van der Waals surface area contributed by atoms with Crippen molar-refractivity contribution in [3.05, 3.63) is 120 Å². The van der Waals surface area contributed by atoms with E-state index in [2.05, 4.69) is 15.6 Å². The number of carbonyl (C=O) groups excluding carboxylic acids is 2. The zero-order chi connectivity index (χ0) is 26.7. The predicted octanol–water partition coefficient (Wildman–Crippen LogP) is 5.97. The number of rotatable bonds is 11. The number of likely N-dealkylation sites (N-methyl/N-ethyl adjacent to an activating group) is 1. The molecule has 4 aromatic rings. The van der Waals surface area contributed by atoms with Crippen LogP contribution < -0.4 is 10.6 Å². The van der Waals surface area contributed by atoms with E-state index in [1.165, 1.54) is 0 Å². The monoisotopic (exact) mass is 525 g/mol. The molecule has 7 heteroatoms. The van der Waals surface area contributed by atoms with Crippen molar-refractivity contribution in [2.75, 3.05) is 24.4 Å². The minimum Gasteiger partial charge on any atom is -0.388 e. The quantitative estimate of drug-likeness (QED) is 0.184. The smallest absolute Gasteiger partial charge is 0.346 e. The van der Waals surface area contributed by atoms with Crippen molar-refractivity contribution in [2.24, 2.45) is 0 Å². The second kappa shape index (κ2) is 13.6. The van der Waals surface area contributed by atoms with Gasteiger partial charge >= 0.3 is 11.9 Å². The van der Waals surface area contributed by atoms with Crippen LogP contribution in [-0.2, 0) is 9.53 Å². The van der Waals surface area contributed by atoms with Crippen molar-refractivity contribution in [1.29, 1.82) is 0 Å². The molecule has 38 heavy (non-hydrogen) atoms. The Hall–Kier alpha value is -3.94. The summed E-state index contributed by atoms with van der Waals surface area (Å²) in [4.78, 5) is 30.3. The first-order valence-corrected chi connectivity index (χ1v) is 13.8. The molecule has 194 valence electrons. The van der Waals surface area contributed by atoms with E-state index >= 15 is 0 Å². The fraction of sp³-hybridized carbons (Fsp3) is 0.194. The third-order valence-electron chi connectivity index (χ3n) is 6.22. The van der Waals surface area contributed by atoms with Gasteiger partial charge in [0.05, 0.1) is 11.6 Å². The zero-order valence-electron chi connectivity index (χ0n) is 21.5. The van der Waals surface area contributed by atoms with E-state index in [0.29, 0.717) is 17.5 Å². The third kappa shape index (κ3) is 6.88. The van der Waals surface area contributed by atoms with E-state index < -0.39 is 18.0 Å². The van der Waals surface area contributed by atoms with Gasteiger partial charge in [0.15, 0.2) is 0 Å². The van der Waals surface area contributed by atoms with Gasteiger partial charge in [-0.2, -0.15) is 11.8 Å². The van der Waals surface area contributed by atoms with Crippen LogP contribution in [-0.4, -0.2) is 42.0 Å². The highest BCUT2D eigenvalue weighted by atomic mass is 32.2. The highest BCUT2D eigenvalue weighted by molar-refractivity contribution is 7.98. The number of carbonyl (C=O) groups is 2. The Kier molecular flexibility index (Phi) is 9.67. The van der Waals surface area contributed by atoms with Crippen LogP contribution in [0.2, 0.25) is 0 Å². The maximum absolute atomic E-state index is 13.3. The first-order chi connectivity index (χ1) is 18.6. The lowest BCUT2D eigenvalue weighted by Gasteiger charge is -2.22. The molecule has 0 spiro atoms. The molecular formula is C31H31N3O3S. The maximum Gasteiger partial charge on any atom is 0.346 e. The summed E-state index contributed by atoms with van der Waals surface area (Å²) in [7, 11) is 1.69. The summed E-state index contributed by atoms with van der Waals surface area (Å²) < 4.78 is 5.35. The molecule has 2 N–H and O–H groups in total. The number of aromatic nitrogens is 1. The Morgan fingerprint density at radius 1 is 0.921 bits per heavy atom. The molecule has 1 aromatic heterocycles. The fourth-order valence-electron chi connectivity index (χ4n) is 4.22. The Morgan fingerprint density at radius 2 is 1.66 bits per heavy atom. The number of esters is 2. The number of hydrogen-bond donors (Lipinski definition) is 2. The Bertz CT molecular complexity index is 1330. The number of para-hydroxylation sites is 1. The second-order valence-electron chi connectivity index (χ2n) is 8.73. The molecule has 0 radical (unpaired) electrons. The van der Waals surface area contributed by atoms with E-state index in [0.717, 1.165) is 28.1 Å². The van der Waals surface area contributed by atoms with Gasteiger partial charge < -0.3 is 15.4 Å². The van der Waals surface area contributed by atoms with Crippen molar-refractivity contribution in [2.45, 2.75) is 18.5 Å². The van der Waals surface area contributed by atoms with Gasteiger partial charge in [-0.3, -0.25) is 4.98 Å². The van der Waals surface area contributed by atoms with E-state index in [1.54, 1.807) is 31.1 Å². The van der Waals surface area contributed by atoms with E-state index in [1.807, 2.05) is 97.4 Å². The lowest BCUT2D eigenvalue weighted by atomic mass is 9.92. The van der Waals surface area contributed by atoms with Crippen molar-refractivity contribution in [3.63, 3.8) is 0 Å². The Morgan fingerprint density at radius 3 is 2.32 bits per heavy atom. The van der Waals surface area contributed by atoms with Crippen LogP contribution in [0.1, 0.15) is 33.9 Å². The number of hydrogen-bond acceptors (Lipinski definition) is 7. The summed E-state index contributed by atoms with van der Waals surface area (Å²) in [5, 5.41) is 6.54. The SMILES string of the molecule is CN[C@@H](CCSC)C(=O)OC(=O)c1ccc(C(Nc2ccccc2)c2cccnc2)cc1-c1ccccc1. The summed E-state index contributed by atoms with van der Waals surface area (Å²) in [6, 6.07) is 28.3. The average molecular weight is 526 g/mol.